The number of aromatic hydroxyl groups is 1. The minimum absolute atomic E-state index is 0. The Balaban J connectivity index is 0.00000312. The predicted molar refractivity (Wildman–Crippen MR) is 87.6 cm³/mol. The van der Waals surface area contributed by atoms with Crippen molar-refractivity contribution in [1.29, 1.82) is 0 Å². The van der Waals surface area contributed by atoms with Gasteiger partial charge in [-0.05, 0) is 35.0 Å². The first-order valence-corrected chi connectivity index (χ1v) is 7.30. The first kappa shape index (κ1) is 20.2. The summed E-state index contributed by atoms with van der Waals surface area (Å²) >= 11 is 0. The fraction of sp³-hybridized carbons (Fsp3) is 0.235. The molecule has 0 bridgehead atoms. The number of amides is 1. The number of hydrogen-bond acceptors (Lipinski definition) is 5. The van der Waals surface area contributed by atoms with E-state index in [9.17, 15) is 9.90 Å². The topological polar surface area (TPSA) is 85.9 Å². The molecule has 0 fully saturated rings. The van der Waals surface area contributed by atoms with Crippen LogP contribution in [0.2, 0.25) is 0 Å². The molecule has 2 N–H and O–H groups in total. The number of benzene rings is 1. The Bertz CT molecular complexity index is 716. The van der Waals surface area contributed by atoms with Gasteiger partial charge in [0.1, 0.15) is 17.2 Å². The number of pyridine rings is 1. The zero-order valence-corrected chi connectivity index (χ0v) is 14.9. The van der Waals surface area contributed by atoms with Crippen LogP contribution in [-0.4, -0.2) is 40.9 Å². The van der Waals surface area contributed by atoms with Gasteiger partial charge in [0.15, 0.2) is 6.61 Å². The highest BCUT2D eigenvalue weighted by Crippen LogP contribution is 2.13. The average Bonchev–Trinajstić information content (AvgIpc) is 2.56. The monoisotopic (exact) mass is 365 g/mol. The fourth-order valence-corrected chi connectivity index (χ4v) is 1.73. The van der Waals surface area contributed by atoms with Crippen LogP contribution in [0.25, 0.3) is 0 Å². The normalized spacial score (nSPS) is 10.6. The van der Waals surface area contributed by atoms with Gasteiger partial charge in [0, 0.05) is 21.0 Å². The molecule has 2 aromatic rings. The standard InChI is InChI=1S/C17H19N3O4.ClH/c1-12(16-9-6-14(21)10-18-16)19-23-11-13-4-7-15(8-5-13)24-17(22)20(2)3;/h4-10,21H,11H2,1-3H3;1H. The third kappa shape index (κ3) is 6.31. The van der Waals surface area contributed by atoms with Gasteiger partial charge >= 0.3 is 6.09 Å². The van der Waals surface area contributed by atoms with Gasteiger partial charge in [-0.25, -0.2) is 9.78 Å². The van der Waals surface area contributed by atoms with Gasteiger partial charge < -0.3 is 27.2 Å². The zero-order chi connectivity index (χ0) is 17.5. The lowest BCUT2D eigenvalue weighted by Gasteiger charge is -2.10. The number of aromatic nitrogens is 1. The number of hydrogen-bond donors (Lipinski definition) is 2. The number of nitrogens with zero attached hydrogens (tertiary/aromatic N) is 2. The number of halogens is 1. The van der Waals surface area contributed by atoms with E-state index in [1.165, 1.54) is 11.1 Å². The zero-order valence-electron chi connectivity index (χ0n) is 14.2. The highest BCUT2D eigenvalue weighted by atomic mass is 35.5. The maximum atomic E-state index is 11.4. The summed E-state index contributed by atoms with van der Waals surface area (Å²) in [6.45, 7) is 2.15. The highest BCUT2D eigenvalue weighted by Gasteiger charge is 2.08. The molecule has 0 unspecified atom stereocenters. The molecule has 0 radical (unpaired) electrons. The summed E-state index contributed by atoms with van der Waals surface area (Å²) < 4.78 is 5.14. The van der Waals surface area contributed by atoms with Crippen LogP contribution >= 0.6 is 0 Å². The van der Waals surface area contributed by atoms with Crippen molar-refractivity contribution in [3.8, 4) is 11.5 Å². The number of carbonyl (C=O) groups is 1. The Labute approximate surface area is 152 Å². The molecule has 1 amide bonds. The lowest BCUT2D eigenvalue weighted by Crippen LogP contribution is -3.00. The maximum Gasteiger partial charge on any atom is 0.414 e. The summed E-state index contributed by atoms with van der Waals surface area (Å²) in [5, 5.41) is 12.0. The van der Waals surface area contributed by atoms with Crippen molar-refractivity contribution in [2.75, 3.05) is 14.1 Å². The second-order valence-corrected chi connectivity index (χ2v) is 5.32. The molecular formula is C17H20ClN3O4. The molecule has 7 nitrogen and oxygen atoms in total. The molecule has 0 atom stereocenters. The maximum absolute atomic E-state index is 11.4. The van der Waals surface area contributed by atoms with Crippen molar-refractivity contribution in [1.82, 2.24) is 9.88 Å². The van der Waals surface area contributed by atoms with E-state index in [1.54, 1.807) is 38.4 Å². The molecule has 25 heavy (non-hydrogen) atoms. The van der Waals surface area contributed by atoms with Crippen molar-refractivity contribution in [3.63, 3.8) is 0 Å². The van der Waals surface area contributed by atoms with Crippen molar-refractivity contribution < 1.29 is 37.0 Å². The Morgan fingerprint density at radius 3 is 2.44 bits per heavy atom. The van der Waals surface area contributed by atoms with Gasteiger partial charge in [0.05, 0.1) is 6.20 Å². The second kappa shape index (κ2) is 9.48. The van der Waals surface area contributed by atoms with E-state index < -0.39 is 6.09 Å². The van der Waals surface area contributed by atoms with Gasteiger partial charge in [0.2, 0.25) is 5.71 Å². The third-order valence-corrected chi connectivity index (χ3v) is 3.09. The van der Waals surface area contributed by atoms with Crippen LogP contribution in [0, 0.1) is 0 Å². The summed E-state index contributed by atoms with van der Waals surface area (Å²) in [6, 6.07) is 10.3. The number of nitrogens with one attached hydrogen (secondary N) is 1. The molecular weight excluding hydrogens is 346 g/mol. The number of ether oxygens (including phenoxy) is 1. The number of rotatable bonds is 5. The largest absolute Gasteiger partial charge is 1.00 e. The summed E-state index contributed by atoms with van der Waals surface area (Å²) in [6.07, 6.45) is 0.945. The minimum Gasteiger partial charge on any atom is -1.00 e. The molecule has 134 valence electrons. The van der Waals surface area contributed by atoms with Gasteiger partial charge in [0.25, 0.3) is 0 Å². The van der Waals surface area contributed by atoms with E-state index in [0.717, 1.165) is 11.3 Å². The molecule has 0 aliphatic carbocycles. The van der Waals surface area contributed by atoms with Crippen LogP contribution in [0.4, 0.5) is 4.79 Å². The van der Waals surface area contributed by atoms with E-state index in [4.69, 9.17) is 9.57 Å². The molecule has 0 saturated carbocycles. The summed E-state index contributed by atoms with van der Waals surface area (Å²) in [5.74, 6) is 0.587. The van der Waals surface area contributed by atoms with Gasteiger partial charge in [-0.2, -0.15) is 0 Å². The Hall–Kier alpha value is -2.80. The van der Waals surface area contributed by atoms with E-state index in [1.807, 2.05) is 19.1 Å². The van der Waals surface area contributed by atoms with Crippen LogP contribution in [0.1, 0.15) is 18.2 Å². The smallest absolute Gasteiger partial charge is 0.414 e. The summed E-state index contributed by atoms with van der Waals surface area (Å²) in [7, 11) is 3.25. The van der Waals surface area contributed by atoms with E-state index >= 15 is 0 Å². The Kier molecular flexibility index (Phi) is 7.68. The van der Waals surface area contributed by atoms with Gasteiger partial charge in [-0.3, -0.25) is 4.84 Å². The van der Waals surface area contributed by atoms with Crippen molar-refractivity contribution in [2.24, 2.45) is 0 Å². The SMILES string of the molecule is CC(=[NH+]OCc1ccc(OC(=O)N(C)C)cc1)c1ccc(O)cn1.[Cl-]. The molecule has 0 aliphatic heterocycles. The molecule has 0 aliphatic rings. The van der Waals surface area contributed by atoms with Crippen LogP contribution in [-0.2, 0) is 11.4 Å². The van der Waals surface area contributed by atoms with E-state index in [2.05, 4.69) is 10.1 Å². The summed E-state index contributed by atoms with van der Waals surface area (Å²) in [5.41, 5.74) is 2.32. The van der Waals surface area contributed by atoms with Crippen LogP contribution < -0.4 is 22.3 Å². The molecule has 8 heteroatoms. The van der Waals surface area contributed by atoms with Crippen molar-refractivity contribution in [2.45, 2.75) is 13.5 Å². The van der Waals surface area contributed by atoms with E-state index in [-0.39, 0.29) is 18.2 Å². The molecule has 1 heterocycles. The number of carbonyl (C=O) groups excluding carboxylic acids is 1. The highest BCUT2D eigenvalue weighted by molar-refractivity contribution is 5.92. The Morgan fingerprint density at radius 1 is 1.20 bits per heavy atom. The van der Waals surface area contributed by atoms with Gasteiger partial charge in [-0.15, -0.1) is 0 Å². The molecule has 1 aromatic carbocycles. The van der Waals surface area contributed by atoms with Crippen molar-refractivity contribution in [3.05, 3.63) is 53.9 Å². The van der Waals surface area contributed by atoms with E-state index in [0.29, 0.717) is 18.1 Å². The van der Waals surface area contributed by atoms with Crippen LogP contribution in [0.15, 0.2) is 42.6 Å². The molecule has 1 aromatic heterocycles. The van der Waals surface area contributed by atoms with Crippen molar-refractivity contribution >= 4 is 11.8 Å². The van der Waals surface area contributed by atoms with Gasteiger partial charge in [-0.1, -0.05) is 12.1 Å². The quantitative estimate of drug-likeness (QED) is 0.467. The van der Waals surface area contributed by atoms with Crippen LogP contribution in [0.3, 0.4) is 0 Å². The lowest BCUT2D eigenvalue weighted by molar-refractivity contribution is -0.758. The first-order valence-electron chi connectivity index (χ1n) is 7.30. The lowest BCUT2D eigenvalue weighted by atomic mass is 10.2. The molecule has 0 spiro atoms. The molecule has 0 saturated heterocycles. The third-order valence-electron chi connectivity index (χ3n) is 3.09. The molecule has 2 rings (SSSR count). The second-order valence-electron chi connectivity index (χ2n) is 5.32. The Morgan fingerprint density at radius 2 is 1.88 bits per heavy atom. The fourth-order valence-electron chi connectivity index (χ4n) is 1.73. The summed E-state index contributed by atoms with van der Waals surface area (Å²) in [4.78, 5) is 22.3. The minimum atomic E-state index is -0.424. The van der Waals surface area contributed by atoms with Crippen LogP contribution in [0.5, 0.6) is 11.5 Å². The average molecular weight is 366 g/mol. The first-order chi connectivity index (χ1) is 11.5. The predicted octanol–water partition coefficient (Wildman–Crippen LogP) is -2.13.